The zero-order valence-corrected chi connectivity index (χ0v) is 17.2. The summed E-state index contributed by atoms with van der Waals surface area (Å²) >= 11 is 19.1. The average Bonchev–Trinajstić information content (AvgIpc) is 2.60. The van der Waals surface area contributed by atoms with E-state index < -0.39 is 5.25 Å². The quantitative estimate of drug-likeness (QED) is 0.707. The Morgan fingerprint density at radius 3 is 2.37 bits per heavy atom. The Bertz CT molecular complexity index is 898. The molecule has 27 heavy (non-hydrogen) atoms. The number of hydrogen-bond donors (Lipinski definition) is 1. The monoisotopic (exact) mass is 441 g/mol. The SMILES string of the molecule is CN1C(=O)CC(C(=O)Nc2ccc(Cl)cc2)SC1=Nc1cc(Cl)cc(Cl)c1. The van der Waals surface area contributed by atoms with Gasteiger partial charge in [0.25, 0.3) is 0 Å². The molecule has 0 radical (unpaired) electrons. The number of nitrogens with one attached hydrogen (secondary N) is 1. The third kappa shape index (κ3) is 5.17. The molecule has 3 rings (SSSR count). The van der Waals surface area contributed by atoms with Crippen LogP contribution >= 0.6 is 46.6 Å². The van der Waals surface area contributed by atoms with Crippen LogP contribution in [0.2, 0.25) is 15.1 Å². The van der Waals surface area contributed by atoms with Crippen molar-refractivity contribution >= 4 is 74.9 Å². The molecule has 1 atom stereocenters. The maximum Gasteiger partial charge on any atom is 0.238 e. The van der Waals surface area contributed by atoms with Gasteiger partial charge in [-0.05, 0) is 42.5 Å². The number of amides is 2. The van der Waals surface area contributed by atoms with Gasteiger partial charge in [0.1, 0.15) is 5.25 Å². The Hall–Kier alpha value is -1.73. The summed E-state index contributed by atoms with van der Waals surface area (Å²) in [7, 11) is 1.62. The fourth-order valence-electron chi connectivity index (χ4n) is 2.37. The summed E-state index contributed by atoms with van der Waals surface area (Å²) in [6.45, 7) is 0. The molecule has 1 heterocycles. The molecule has 0 bridgehead atoms. The van der Waals surface area contributed by atoms with Crippen LogP contribution in [-0.2, 0) is 9.59 Å². The Kier molecular flexibility index (Phi) is 6.32. The van der Waals surface area contributed by atoms with Gasteiger partial charge in [0, 0.05) is 34.2 Å². The third-order valence-corrected chi connectivity index (χ3v) is 5.67. The van der Waals surface area contributed by atoms with Crippen LogP contribution in [0.3, 0.4) is 0 Å². The van der Waals surface area contributed by atoms with E-state index >= 15 is 0 Å². The summed E-state index contributed by atoms with van der Waals surface area (Å²) in [5, 5.41) is 4.05. The Morgan fingerprint density at radius 2 is 1.74 bits per heavy atom. The first-order valence-electron chi connectivity index (χ1n) is 7.86. The van der Waals surface area contributed by atoms with E-state index in [2.05, 4.69) is 10.3 Å². The second-order valence-corrected chi connectivity index (χ2v) is 8.26. The topological polar surface area (TPSA) is 61.8 Å². The van der Waals surface area contributed by atoms with Crippen molar-refractivity contribution in [2.75, 3.05) is 12.4 Å². The first-order chi connectivity index (χ1) is 12.8. The second kappa shape index (κ2) is 8.52. The summed E-state index contributed by atoms with van der Waals surface area (Å²) in [5.41, 5.74) is 1.12. The molecular weight excluding hydrogens is 429 g/mol. The number of aliphatic imine (C=N–C) groups is 1. The maximum absolute atomic E-state index is 12.6. The van der Waals surface area contributed by atoms with Crippen molar-refractivity contribution < 1.29 is 9.59 Å². The van der Waals surface area contributed by atoms with Gasteiger partial charge in [0.15, 0.2) is 5.17 Å². The Morgan fingerprint density at radius 1 is 1.11 bits per heavy atom. The number of carbonyl (C=O) groups is 2. The fraction of sp³-hybridized carbons (Fsp3) is 0.167. The zero-order valence-electron chi connectivity index (χ0n) is 14.1. The zero-order chi connectivity index (χ0) is 19.6. The highest BCUT2D eigenvalue weighted by Gasteiger charge is 2.34. The molecule has 0 aliphatic carbocycles. The van der Waals surface area contributed by atoms with Crippen molar-refractivity contribution in [3.8, 4) is 0 Å². The summed E-state index contributed by atoms with van der Waals surface area (Å²) in [6, 6.07) is 11.6. The molecule has 0 spiro atoms. The van der Waals surface area contributed by atoms with E-state index in [1.807, 2.05) is 0 Å². The molecule has 1 N–H and O–H groups in total. The van der Waals surface area contributed by atoms with Crippen LogP contribution < -0.4 is 5.32 Å². The van der Waals surface area contributed by atoms with Crippen LogP contribution in [0.5, 0.6) is 0 Å². The summed E-state index contributed by atoms with van der Waals surface area (Å²) in [4.78, 5) is 30.8. The molecule has 0 aromatic heterocycles. The van der Waals surface area contributed by atoms with Crippen LogP contribution in [0, 0.1) is 0 Å². The highest BCUT2D eigenvalue weighted by Crippen LogP contribution is 2.31. The molecular formula is C18H14Cl3N3O2S. The van der Waals surface area contributed by atoms with Crippen LogP contribution in [0.25, 0.3) is 0 Å². The van der Waals surface area contributed by atoms with Crippen molar-refractivity contribution in [2.45, 2.75) is 11.7 Å². The van der Waals surface area contributed by atoms with E-state index in [4.69, 9.17) is 34.8 Å². The van der Waals surface area contributed by atoms with E-state index in [1.165, 1.54) is 16.7 Å². The molecule has 2 aromatic carbocycles. The maximum atomic E-state index is 12.6. The van der Waals surface area contributed by atoms with E-state index in [1.54, 1.807) is 49.5 Å². The van der Waals surface area contributed by atoms with E-state index in [-0.39, 0.29) is 18.2 Å². The smallest absolute Gasteiger partial charge is 0.238 e. The summed E-state index contributed by atoms with van der Waals surface area (Å²) in [6.07, 6.45) is 0.0793. The third-order valence-electron chi connectivity index (χ3n) is 3.74. The molecule has 1 aliphatic rings. The molecule has 5 nitrogen and oxygen atoms in total. The number of benzene rings is 2. The van der Waals surface area contributed by atoms with Crippen LogP contribution in [0.15, 0.2) is 47.5 Å². The van der Waals surface area contributed by atoms with Crippen molar-refractivity contribution in [3.63, 3.8) is 0 Å². The lowest BCUT2D eigenvalue weighted by Crippen LogP contribution is -2.43. The molecule has 9 heteroatoms. The normalized spacial score (nSPS) is 18.7. The van der Waals surface area contributed by atoms with Gasteiger partial charge >= 0.3 is 0 Å². The van der Waals surface area contributed by atoms with E-state index in [0.29, 0.717) is 31.6 Å². The van der Waals surface area contributed by atoms with Gasteiger partial charge in [0.2, 0.25) is 11.8 Å². The van der Waals surface area contributed by atoms with Gasteiger partial charge in [0.05, 0.1) is 5.69 Å². The number of rotatable bonds is 3. The molecule has 1 aliphatic heterocycles. The van der Waals surface area contributed by atoms with Gasteiger partial charge in [-0.15, -0.1) is 0 Å². The molecule has 1 fully saturated rings. The van der Waals surface area contributed by atoms with Gasteiger partial charge in [-0.3, -0.25) is 14.5 Å². The van der Waals surface area contributed by atoms with Gasteiger partial charge in [-0.25, -0.2) is 4.99 Å². The minimum absolute atomic E-state index is 0.0793. The molecule has 2 aromatic rings. The number of anilines is 1. The van der Waals surface area contributed by atoms with Gasteiger partial charge < -0.3 is 5.32 Å². The molecule has 1 saturated heterocycles. The van der Waals surface area contributed by atoms with Gasteiger partial charge in [-0.1, -0.05) is 46.6 Å². The number of thioether (sulfide) groups is 1. The lowest BCUT2D eigenvalue weighted by atomic mass is 10.2. The van der Waals surface area contributed by atoms with Crippen LogP contribution in [0.1, 0.15) is 6.42 Å². The molecule has 1 unspecified atom stereocenters. The highest BCUT2D eigenvalue weighted by molar-refractivity contribution is 8.15. The first kappa shape index (κ1) is 20.0. The van der Waals surface area contributed by atoms with Crippen molar-refractivity contribution in [2.24, 2.45) is 4.99 Å². The van der Waals surface area contributed by atoms with Gasteiger partial charge in [-0.2, -0.15) is 0 Å². The van der Waals surface area contributed by atoms with E-state index in [9.17, 15) is 9.59 Å². The fourth-order valence-corrected chi connectivity index (χ4v) is 4.07. The average molecular weight is 443 g/mol. The minimum atomic E-state index is -0.599. The predicted octanol–water partition coefficient (Wildman–Crippen LogP) is 5.24. The summed E-state index contributed by atoms with van der Waals surface area (Å²) in [5.74, 6) is -0.475. The van der Waals surface area contributed by atoms with Crippen molar-refractivity contribution in [3.05, 3.63) is 57.5 Å². The Balaban J connectivity index is 1.80. The standard InChI is InChI=1S/C18H14Cl3N3O2S/c1-24-16(25)9-15(17(26)22-13-4-2-10(19)3-5-13)27-18(24)23-14-7-11(20)6-12(21)8-14/h2-8,15H,9H2,1H3,(H,22,26). The lowest BCUT2D eigenvalue weighted by molar-refractivity contribution is -0.128. The predicted molar refractivity (Wildman–Crippen MR) is 112 cm³/mol. The number of hydrogen-bond acceptors (Lipinski definition) is 4. The molecule has 2 amide bonds. The highest BCUT2D eigenvalue weighted by atomic mass is 35.5. The number of carbonyl (C=O) groups excluding carboxylic acids is 2. The molecule has 0 saturated carbocycles. The number of halogens is 3. The Labute approximate surface area is 175 Å². The first-order valence-corrected chi connectivity index (χ1v) is 9.87. The molecule has 140 valence electrons. The number of nitrogens with zero attached hydrogens (tertiary/aromatic N) is 2. The summed E-state index contributed by atoms with van der Waals surface area (Å²) < 4.78 is 0. The van der Waals surface area contributed by atoms with Crippen molar-refractivity contribution in [1.29, 1.82) is 0 Å². The van der Waals surface area contributed by atoms with Crippen LogP contribution in [-0.4, -0.2) is 34.2 Å². The van der Waals surface area contributed by atoms with Crippen molar-refractivity contribution in [1.82, 2.24) is 4.90 Å². The minimum Gasteiger partial charge on any atom is -0.325 e. The van der Waals surface area contributed by atoms with E-state index in [0.717, 1.165) is 0 Å². The number of amidine groups is 1. The van der Waals surface area contributed by atoms with Crippen LogP contribution in [0.4, 0.5) is 11.4 Å². The largest absolute Gasteiger partial charge is 0.325 e. The second-order valence-electron chi connectivity index (χ2n) is 5.78. The lowest BCUT2D eigenvalue weighted by Gasteiger charge is -2.28.